The van der Waals surface area contributed by atoms with E-state index in [0.717, 1.165) is 35.3 Å². The number of nitrogens with zero attached hydrogens (tertiary/aromatic N) is 2. The number of unbranched alkanes of at least 4 members (excludes halogenated alkanes) is 1. The van der Waals surface area contributed by atoms with E-state index in [9.17, 15) is 26.4 Å². The van der Waals surface area contributed by atoms with Crippen LogP contribution in [0.4, 0.5) is 13.2 Å². The molecule has 0 aromatic heterocycles. The Labute approximate surface area is 157 Å². The zero-order valence-corrected chi connectivity index (χ0v) is 15.9. The Morgan fingerprint density at radius 1 is 1.19 bits per heavy atom. The number of benzene rings is 1. The standard InChI is InChI=1S/C17H24F3N3O3S/c1-2-3-7-21-16(24)13-22-8-10-23(11-9-22)27(25,26)15-6-4-5-14(12-15)17(18,19)20/h4-6,12H,2-3,7-11,13H2,1H3,(H,21,24). The summed E-state index contributed by atoms with van der Waals surface area (Å²) in [7, 11) is -4.01. The van der Waals surface area contributed by atoms with Crippen LogP contribution in [0.25, 0.3) is 0 Å². The first-order chi connectivity index (χ1) is 12.6. The predicted molar refractivity (Wildman–Crippen MR) is 94.6 cm³/mol. The molecule has 0 saturated carbocycles. The molecular formula is C17H24F3N3O3S. The molecule has 1 amide bonds. The second-order valence-corrected chi connectivity index (χ2v) is 8.35. The highest BCUT2D eigenvalue weighted by molar-refractivity contribution is 7.89. The van der Waals surface area contributed by atoms with E-state index in [2.05, 4.69) is 5.32 Å². The third-order valence-electron chi connectivity index (χ3n) is 4.35. The second-order valence-electron chi connectivity index (χ2n) is 6.41. The maximum Gasteiger partial charge on any atom is 0.416 e. The monoisotopic (exact) mass is 407 g/mol. The van der Waals surface area contributed by atoms with Crippen LogP contribution in [0.15, 0.2) is 29.2 Å². The van der Waals surface area contributed by atoms with Gasteiger partial charge in [-0.25, -0.2) is 8.42 Å². The highest BCUT2D eigenvalue weighted by Crippen LogP contribution is 2.31. The third-order valence-corrected chi connectivity index (χ3v) is 6.24. The molecule has 27 heavy (non-hydrogen) atoms. The summed E-state index contributed by atoms with van der Waals surface area (Å²) in [5.41, 5.74) is -0.994. The summed E-state index contributed by atoms with van der Waals surface area (Å²) in [5, 5.41) is 2.80. The van der Waals surface area contributed by atoms with E-state index >= 15 is 0 Å². The van der Waals surface area contributed by atoms with Gasteiger partial charge in [0, 0.05) is 32.7 Å². The molecular weight excluding hydrogens is 383 g/mol. The smallest absolute Gasteiger partial charge is 0.355 e. The zero-order valence-electron chi connectivity index (χ0n) is 15.1. The van der Waals surface area contributed by atoms with Crippen molar-refractivity contribution in [3.8, 4) is 0 Å². The number of carbonyl (C=O) groups excluding carboxylic acids is 1. The van der Waals surface area contributed by atoms with Crippen LogP contribution in [0.1, 0.15) is 25.3 Å². The van der Waals surface area contributed by atoms with Crippen LogP contribution in [0.2, 0.25) is 0 Å². The van der Waals surface area contributed by atoms with Crippen molar-refractivity contribution < 1.29 is 26.4 Å². The van der Waals surface area contributed by atoms with Gasteiger partial charge in [-0.1, -0.05) is 19.4 Å². The van der Waals surface area contributed by atoms with Crippen LogP contribution >= 0.6 is 0 Å². The van der Waals surface area contributed by atoms with Gasteiger partial charge < -0.3 is 5.32 Å². The number of alkyl halides is 3. The third kappa shape index (κ3) is 5.91. The van der Waals surface area contributed by atoms with Crippen molar-refractivity contribution in [2.45, 2.75) is 30.8 Å². The van der Waals surface area contributed by atoms with E-state index in [0.29, 0.717) is 25.7 Å². The molecule has 1 heterocycles. The van der Waals surface area contributed by atoms with Crippen LogP contribution in [0.5, 0.6) is 0 Å². The number of nitrogens with one attached hydrogen (secondary N) is 1. The molecule has 1 aromatic carbocycles. The molecule has 0 spiro atoms. The molecule has 2 rings (SSSR count). The number of amides is 1. The highest BCUT2D eigenvalue weighted by Gasteiger charge is 2.34. The summed E-state index contributed by atoms with van der Waals surface area (Å²) < 4.78 is 64.9. The van der Waals surface area contributed by atoms with E-state index in [-0.39, 0.29) is 30.4 Å². The maximum absolute atomic E-state index is 12.8. The van der Waals surface area contributed by atoms with E-state index < -0.39 is 21.8 Å². The zero-order chi connectivity index (χ0) is 20.1. The van der Waals surface area contributed by atoms with Crippen LogP contribution in [0, 0.1) is 0 Å². The normalized spacial score (nSPS) is 17.0. The Balaban J connectivity index is 1.96. The minimum atomic E-state index is -4.60. The summed E-state index contributed by atoms with van der Waals surface area (Å²) in [5.74, 6) is -0.113. The van der Waals surface area contributed by atoms with Gasteiger partial charge in [0.15, 0.2) is 0 Å². The number of hydrogen-bond donors (Lipinski definition) is 1. The van der Waals surface area contributed by atoms with Gasteiger partial charge in [0.25, 0.3) is 0 Å². The lowest BCUT2D eigenvalue weighted by atomic mass is 10.2. The van der Waals surface area contributed by atoms with E-state index in [4.69, 9.17) is 0 Å². The average Bonchev–Trinajstić information content (AvgIpc) is 2.62. The number of carbonyl (C=O) groups is 1. The van der Waals surface area contributed by atoms with Crippen molar-refractivity contribution in [3.05, 3.63) is 29.8 Å². The Morgan fingerprint density at radius 2 is 1.85 bits per heavy atom. The minimum absolute atomic E-state index is 0.113. The molecule has 1 saturated heterocycles. The molecule has 1 aromatic rings. The van der Waals surface area contributed by atoms with Gasteiger partial charge in [0.05, 0.1) is 17.0 Å². The maximum atomic E-state index is 12.8. The second kappa shape index (κ2) is 9.03. The van der Waals surface area contributed by atoms with Crippen LogP contribution in [0.3, 0.4) is 0 Å². The summed E-state index contributed by atoms with van der Waals surface area (Å²) in [4.78, 5) is 13.3. The quantitative estimate of drug-likeness (QED) is 0.702. The summed E-state index contributed by atoms with van der Waals surface area (Å²) in [6, 6.07) is 3.75. The van der Waals surface area contributed by atoms with Crippen molar-refractivity contribution in [2.75, 3.05) is 39.3 Å². The number of rotatable bonds is 7. The molecule has 1 aliphatic rings. The summed E-state index contributed by atoms with van der Waals surface area (Å²) in [6.07, 6.45) is -2.73. The first-order valence-corrected chi connectivity index (χ1v) is 10.2. The molecule has 10 heteroatoms. The number of halogens is 3. The Bertz CT molecular complexity index is 745. The van der Waals surface area contributed by atoms with Gasteiger partial charge in [0.2, 0.25) is 15.9 Å². The van der Waals surface area contributed by atoms with Crippen molar-refractivity contribution in [3.63, 3.8) is 0 Å². The van der Waals surface area contributed by atoms with Gasteiger partial charge in [-0.05, 0) is 24.6 Å². The van der Waals surface area contributed by atoms with E-state index in [1.807, 2.05) is 11.8 Å². The molecule has 6 nitrogen and oxygen atoms in total. The van der Waals surface area contributed by atoms with Crippen LogP contribution < -0.4 is 5.32 Å². The largest absolute Gasteiger partial charge is 0.416 e. The number of piperazine rings is 1. The Kier molecular flexibility index (Phi) is 7.24. The highest BCUT2D eigenvalue weighted by atomic mass is 32.2. The topological polar surface area (TPSA) is 69.7 Å². The first-order valence-electron chi connectivity index (χ1n) is 8.81. The lowest BCUT2D eigenvalue weighted by molar-refractivity contribution is -0.137. The average molecular weight is 407 g/mol. The molecule has 1 aliphatic heterocycles. The van der Waals surface area contributed by atoms with Gasteiger partial charge in [0.1, 0.15) is 0 Å². The van der Waals surface area contributed by atoms with Crippen LogP contribution in [-0.2, 0) is 21.0 Å². The van der Waals surface area contributed by atoms with Crippen LogP contribution in [-0.4, -0.2) is 62.8 Å². The van der Waals surface area contributed by atoms with Gasteiger partial charge in [-0.2, -0.15) is 17.5 Å². The minimum Gasteiger partial charge on any atom is -0.355 e. The first kappa shape index (κ1) is 21.6. The number of hydrogen-bond acceptors (Lipinski definition) is 4. The molecule has 0 bridgehead atoms. The molecule has 0 atom stereocenters. The summed E-state index contributed by atoms with van der Waals surface area (Å²) in [6.45, 7) is 3.76. The molecule has 0 aliphatic carbocycles. The molecule has 1 N–H and O–H groups in total. The van der Waals surface area contributed by atoms with Gasteiger partial charge in [-0.15, -0.1) is 0 Å². The molecule has 152 valence electrons. The lowest BCUT2D eigenvalue weighted by Gasteiger charge is -2.33. The fraction of sp³-hybridized carbons (Fsp3) is 0.588. The van der Waals surface area contributed by atoms with Crippen molar-refractivity contribution >= 4 is 15.9 Å². The SMILES string of the molecule is CCCCNC(=O)CN1CCN(S(=O)(=O)c2cccc(C(F)(F)F)c2)CC1. The predicted octanol–water partition coefficient (Wildman–Crippen LogP) is 1.93. The van der Waals surface area contributed by atoms with E-state index in [1.54, 1.807) is 0 Å². The van der Waals surface area contributed by atoms with Crippen molar-refractivity contribution in [1.82, 2.24) is 14.5 Å². The van der Waals surface area contributed by atoms with Gasteiger partial charge in [-0.3, -0.25) is 9.69 Å². The van der Waals surface area contributed by atoms with Crippen molar-refractivity contribution in [2.24, 2.45) is 0 Å². The Hall–Kier alpha value is -1.65. The Morgan fingerprint density at radius 3 is 2.44 bits per heavy atom. The van der Waals surface area contributed by atoms with Crippen molar-refractivity contribution in [1.29, 1.82) is 0 Å². The molecule has 1 fully saturated rings. The van der Waals surface area contributed by atoms with E-state index in [1.165, 1.54) is 0 Å². The number of sulfonamides is 1. The fourth-order valence-corrected chi connectivity index (χ4v) is 4.24. The molecule has 0 unspecified atom stereocenters. The lowest BCUT2D eigenvalue weighted by Crippen LogP contribution is -2.51. The molecule has 0 radical (unpaired) electrons. The van der Waals surface area contributed by atoms with Gasteiger partial charge >= 0.3 is 6.18 Å². The summed E-state index contributed by atoms with van der Waals surface area (Å²) >= 11 is 0. The fourth-order valence-electron chi connectivity index (χ4n) is 2.77.